The number of hydrogen-bond acceptors (Lipinski definition) is 5. The number of thiophene rings is 1. The highest BCUT2D eigenvalue weighted by Gasteiger charge is 2.24. The minimum Gasteiger partial charge on any atom is -0.480 e. The fourth-order valence-corrected chi connectivity index (χ4v) is 5.59. The standard InChI is InChI=1S/C26H27NO5S/c1-16-23(32-15-22(28)29)25(26(30)31)33-24(16)19-8-5-9-21(14-19)27-20-12-10-18(11-13-20)17-6-3-2-4-7-17/h2-9,14,18,20,27H,10-13,15H2,1H3,(H,28,29)(H,30,31)/t18-,20+. The molecule has 0 bridgehead atoms. The predicted molar refractivity (Wildman–Crippen MR) is 130 cm³/mol. The molecule has 6 nitrogen and oxygen atoms in total. The van der Waals surface area contributed by atoms with Gasteiger partial charge in [-0.25, -0.2) is 9.59 Å². The van der Waals surface area contributed by atoms with Gasteiger partial charge in [-0.05, 0) is 61.8 Å². The molecular weight excluding hydrogens is 438 g/mol. The molecule has 3 N–H and O–H groups in total. The van der Waals surface area contributed by atoms with E-state index in [9.17, 15) is 14.7 Å². The highest BCUT2D eigenvalue weighted by atomic mass is 32.1. The fourth-order valence-electron chi connectivity index (χ4n) is 4.50. The smallest absolute Gasteiger partial charge is 0.349 e. The first-order valence-corrected chi connectivity index (χ1v) is 11.9. The van der Waals surface area contributed by atoms with Crippen molar-refractivity contribution in [2.75, 3.05) is 11.9 Å². The lowest BCUT2D eigenvalue weighted by Crippen LogP contribution is -2.25. The van der Waals surface area contributed by atoms with Crippen molar-refractivity contribution in [3.05, 3.63) is 70.6 Å². The van der Waals surface area contributed by atoms with Crippen LogP contribution in [0.25, 0.3) is 10.4 Å². The van der Waals surface area contributed by atoms with Crippen LogP contribution in [0.1, 0.15) is 52.4 Å². The van der Waals surface area contributed by atoms with Crippen LogP contribution in [0, 0.1) is 6.92 Å². The van der Waals surface area contributed by atoms with Crippen molar-refractivity contribution in [3.8, 4) is 16.2 Å². The number of carboxylic acids is 2. The third-order valence-electron chi connectivity index (χ3n) is 6.12. The largest absolute Gasteiger partial charge is 0.480 e. The van der Waals surface area contributed by atoms with Gasteiger partial charge in [-0.1, -0.05) is 42.5 Å². The second-order valence-electron chi connectivity index (χ2n) is 8.39. The van der Waals surface area contributed by atoms with E-state index in [1.54, 1.807) is 6.92 Å². The molecule has 0 amide bonds. The van der Waals surface area contributed by atoms with Crippen LogP contribution in [0.3, 0.4) is 0 Å². The molecule has 1 aromatic heterocycles. The van der Waals surface area contributed by atoms with Crippen LogP contribution in [-0.4, -0.2) is 34.8 Å². The van der Waals surface area contributed by atoms with E-state index in [1.807, 2.05) is 24.3 Å². The van der Waals surface area contributed by atoms with Crippen molar-refractivity contribution >= 4 is 29.0 Å². The topological polar surface area (TPSA) is 95.9 Å². The summed E-state index contributed by atoms with van der Waals surface area (Å²) in [5.74, 6) is -1.53. The van der Waals surface area contributed by atoms with Crippen LogP contribution >= 0.6 is 11.3 Å². The Morgan fingerprint density at radius 1 is 1.03 bits per heavy atom. The van der Waals surface area contributed by atoms with Crippen molar-refractivity contribution in [1.82, 2.24) is 0 Å². The van der Waals surface area contributed by atoms with Crippen molar-refractivity contribution in [1.29, 1.82) is 0 Å². The van der Waals surface area contributed by atoms with E-state index in [4.69, 9.17) is 9.84 Å². The van der Waals surface area contributed by atoms with Gasteiger partial charge < -0.3 is 20.3 Å². The molecule has 3 aromatic rings. The zero-order chi connectivity index (χ0) is 23.4. The summed E-state index contributed by atoms with van der Waals surface area (Å²) in [6.07, 6.45) is 4.49. The number of nitrogens with one attached hydrogen (secondary N) is 1. The Bertz CT molecular complexity index is 1130. The Kier molecular flexibility index (Phi) is 6.99. The quantitative estimate of drug-likeness (QED) is 0.376. The minimum atomic E-state index is -1.15. The van der Waals surface area contributed by atoms with Gasteiger partial charge in [0, 0.05) is 22.2 Å². The summed E-state index contributed by atoms with van der Waals surface area (Å²) < 4.78 is 5.31. The number of rotatable bonds is 8. The fraction of sp³-hybridized carbons (Fsp3) is 0.308. The zero-order valence-electron chi connectivity index (χ0n) is 18.4. The molecule has 1 fully saturated rings. The number of carbonyl (C=O) groups is 2. The highest BCUT2D eigenvalue weighted by Crippen LogP contribution is 2.42. The van der Waals surface area contributed by atoms with Crippen LogP contribution in [0.4, 0.5) is 5.69 Å². The molecule has 0 radical (unpaired) electrons. The molecule has 4 rings (SSSR count). The monoisotopic (exact) mass is 465 g/mol. The van der Waals surface area contributed by atoms with Gasteiger partial charge in [0.2, 0.25) is 0 Å². The van der Waals surface area contributed by atoms with Gasteiger partial charge in [0.25, 0.3) is 0 Å². The second-order valence-corrected chi connectivity index (χ2v) is 9.41. The summed E-state index contributed by atoms with van der Waals surface area (Å²) in [5, 5.41) is 22.1. The lowest BCUT2D eigenvalue weighted by atomic mass is 9.81. The first kappa shape index (κ1) is 22.9. The van der Waals surface area contributed by atoms with Crippen LogP contribution in [-0.2, 0) is 4.79 Å². The molecule has 0 atom stereocenters. The van der Waals surface area contributed by atoms with E-state index in [2.05, 4.69) is 35.6 Å². The number of anilines is 1. The molecule has 0 saturated heterocycles. The maximum Gasteiger partial charge on any atom is 0.349 e. The van der Waals surface area contributed by atoms with Gasteiger partial charge in [-0.3, -0.25) is 0 Å². The number of ether oxygens (including phenoxy) is 1. The molecule has 1 aliphatic carbocycles. The summed E-state index contributed by atoms with van der Waals surface area (Å²) in [4.78, 5) is 23.4. The number of benzene rings is 2. The summed E-state index contributed by atoms with van der Waals surface area (Å²) >= 11 is 1.11. The first-order chi connectivity index (χ1) is 15.9. The SMILES string of the molecule is Cc1c(-c2cccc(N[C@H]3CC[C@@H](c4ccccc4)CC3)c2)sc(C(=O)O)c1OCC(=O)O. The summed E-state index contributed by atoms with van der Waals surface area (Å²) in [7, 11) is 0. The van der Waals surface area contributed by atoms with Crippen LogP contribution in [0.5, 0.6) is 5.75 Å². The van der Waals surface area contributed by atoms with Gasteiger partial charge >= 0.3 is 11.9 Å². The van der Waals surface area contributed by atoms with E-state index in [0.717, 1.165) is 53.1 Å². The molecule has 2 aromatic carbocycles. The van der Waals surface area contributed by atoms with Crippen LogP contribution in [0.2, 0.25) is 0 Å². The molecule has 0 aliphatic heterocycles. The Morgan fingerprint density at radius 3 is 2.42 bits per heavy atom. The van der Waals surface area contributed by atoms with Crippen molar-refractivity contribution in [3.63, 3.8) is 0 Å². The second kappa shape index (κ2) is 10.1. The maximum atomic E-state index is 11.7. The molecule has 33 heavy (non-hydrogen) atoms. The number of hydrogen-bond donors (Lipinski definition) is 3. The lowest BCUT2D eigenvalue weighted by Gasteiger charge is -2.30. The molecule has 1 aliphatic rings. The minimum absolute atomic E-state index is 0.0151. The van der Waals surface area contributed by atoms with Crippen molar-refractivity contribution in [2.45, 2.75) is 44.6 Å². The third kappa shape index (κ3) is 5.37. The highest BCUT2D eigenvalue weighted by molar-refractivity contribution is 7.18. The predicted octanol–water partition coefficient (Wildman–Crippen LogP) is 6.02. The van der Waals surface area contributed by atoms with Gasteiger partial charge in [-0.2, -0.15) is 0 Å². The molecule has 0 unspecified atom stereocenters. The van der Waals surface area contributed by atoms with Gasteiger partial charge in [0.15, 0.2) is 11.5 Å². The van der Waals surface area contributed by atoms with Crippen molar-refractivity contribution in [2.24, 2.45) is 0 Å². The van der Waals surface area contributed by atoms with E-state index in [-0.39, 0.29) is 10.6 Å². The van der Waals surface area contributed by atoms with E-state index >= 15 is 0 Å². The zero-order valence-corrected chi connectivity index (χ0v) is 19.2. The normalized spacial score (nSPS) is 18.0. The van der Waals surface area contributed by atoms with Crippen LogP contribution in [0.15, 0.2) is 54.6 Å². The maximum absolute atomic E-state index is 11.7. The summed E-state index contributed by atoms with van der Waals surface area (Å²) in [6.45, 7) is 1.19. The van der Waals surface area contributed by atoms with E-state index in [1.165, 1.54) is 5.56 Å². The Labute approximate surface area is 196 Å². The Balaban J connectivity index is 1.48. The van der Waals surface area contributed by atoms with E-state index < -0.39 is 18.5 Å². The van der Waals surface area contributed by atoms with Crippen LogP contribution < -0.4 is 10.1 Å². The first-order valence-electron chi connectivity index (χ1n) is 11.1. The summed E-state index contributed by atoms with van der Waals surface area (Å²) in [6, 6.07) is 19.0. The number of carboxylic acid groups (broad SMARTS) is 2. The van der Waals surface area contributed by atoms with E-state index in [0.29, 0.717) is 17.5 Å². The summed E-state index contributed by atoms with van der Waals surface area (Å²) in [5.41, 5.74) is 3.93. The average Bonchev–Trinajstić information content (AvgIpc) is 3.15. The number of aliphatic carboxylic acids is 1. The molecule has 172 valence electrons. The Morgan fingerprint density at radius 2 is 1.76 bits per heavy atom. The lowest BCUT2D eigenvalue weighted by molar-refractivity contribution is -0.139. The number of aromatic carboxylic acids is 1. The molecule has 7 heteroatoms. The molecule has 1 heterocycles. The third-order valence-corrected chi connectivity index (χ3v) is 7.43. The average molecular weight is 466 g/mol. The van der Waals surface area contributed by atoms with Gasteiger partial charge in [0.1, 0.15) is 5.75 Å². The van der Waals surface area contributed by atoms with Gasteiger partial charge in [0.05, 0.1) is 0 Å². The Hall–Kier alpha value is -3.32. The molecular formula is C26H27NO5S. The molecule has 0 spiro atoms. The molecule has 1 saturated carbocycles. The van der Waals surface area contributed by atoms with Crippen molar-refractivity contribution < 1.29 is 24.5 Å². The van der Waals surface area contributed by atoms with Gasteiger partial charge in [-0.15, -0.1) is 11.3 Å².